The number of alkyl halides is 3. The van der Waals surface area contributed by atoms with E-state index in [0.29, 0.717) is 6.54 Å². The van der Waals surface area contributed by atoms with E-state index in [-0.39, 0.29) is 11.8 Å². The molecule has 1 N–H and O–H groups in total. The van der Waals surface area contributed by atoms with Crippen molar-refractivity contribution in [2.45, 2.75) is 18.9 Å². The predicted octanol–water partition coefficient (Wildman–Crippen LogP) is 3.78. The van der Waals surface area contributed by atoms with Crippen LogP contribution in [-0.2, 0) is 6.54 Å². The van der Waals surface area contributed by atoms with Crippen LogP contribution in [0.4, 0.5) is 13.2 Å². The highest BCUT2D eigenvalue weighted by Gasteiger charge is 2.31. The predicted molar refractivity (Wildman–Crippen MR) is 68.2 cm³/mol. The largest absolute Gasteiger partial charge is 0.573 e. The molecular weight excluding hydrogens is 267 g/mol. The molecule has 20 heavy (non-hydrogen) atoms. The van der Waals surface area contributed by atoms with Gasteiger partial charge in [0.25, 0.3) is 0 Å². The van der Waals surface area contributed by atoms with Crippen molar-refractivity contribution < 1.29 is 17.9 Å². The molecule has 2 aromatic carbocycles. The smallest absolute Gasteiger partial charge is 0.406 e. The normalized spacial score (nSPS) is 17.9. The molecule has 0 aliphatic carbocycles. The van der Waals surface area contributed by atoms with Crippen molar-refractivity contribution in [2.24, 2.45) is 0 Å². The molecule has 5 heteroatoms. The first-order valence-electron chi connectivity index (χ1n) is 6.20. The van der Waals surface area contributed by atoms with E-state index in [1.165, 1.54) is 17.7 Å². The Kier molecular flexibility index (Phi) is 3.14. The van der Waals surface area contributed by atoms with Gasteiger partial charge in [-0.15, -0.1) is 13.2 Å². The zero-order valence-corrected chi connectivity index (χ0v) is 10.4. The Morgan fingerprint density at radius 2 is 1.85 bits per heavy atom. The van der Waals surface area contributed by atoms with Crippen LogP contribution in [0.5, 0.6) is 5.75 Å². The van der Waals surface area contributed by atoms with Gasteiger partial charge in [0.15, 0.2) is 0 Å². The van der Waals surface area contributed by atoms with Crippen molar-refractivity contribution in [2.75, 3.05) is 0 Å². The third-order valence-corrected chi connectivity index (χ3v) is 3.29. The second-order valence-corrected chi connectivity index (χ2v) is 4.63. The highest BCUT2D eigenvalue weighted by molar-refractivity contribution is 5.43. The van der Waals surface area contributed by atoms with E-state index < -0.39 is 6.36 Å². The first kappa shape index (κ1) is 13.0. The summed E-state index contributed by atoms with van der Waals surface area (Å²) in [6.07, 6.45) is -4.67. The molecule has 2 nitrogen and oxygen atoms in total. The quantitative estimate of drug-likeness (QED) is 0.903. The summed E-state index contributed by atoms with van der Waals surface area (Å²) >= 11 is 0. The highest BCUT2D eigenvalue weighted by Crippen LogP contribution is 2.33. The van der Waals surface area contributed by atoms with Crippen LogP contribution in [0.25, 0.3) is 0 Å². The van der Waals surface area contributed by atoms with Gasteiger partial charge in [0, 0.05) is 6.54 Å². The minimum atomic E-state index is -4.67. The number of hydrogen-bond donors (Lipinski definition) is 1. The zero-order valence-electron chi connectivity index (χ0n) is 10.4. The van der Waals surface area contributed by atoms with Gasteiger partial charge in [-0.3, -0.25) is 0 Å². The van der Waals surface area contributed by atoms with Crippen molar-refractivity contribution in [3.63, 3.8) is 0 Å². The van der Waals surface area contributed by atoms with Gasteiger partial charge >= 0.3 is 6.36 Å². The lowest BCUT2D eigenvalue weighted by molar-refractivity contribution is -0.274. The fourth-order valence-electron chi connectivity index (χ4n) is 2.49. The first-order chi connectivity index (χ1) is 9.53. The number of hydrogen-bond acceptors (Lipinski definition) is 2. The average molecular weight is 279 g/mol. The Morgan fingerprint density at radius 3 is 2.65 bits per heavy atom. The first-order valence-corrected chi connectivity index (χ1v) is 6.20. The second kappa shape index (κ2) is 4.83. The van der Waals surface area contributed by atoms with E-state index in [0.717, 1.165) is 11.1 Å². The number of ether oxygens (including phenoxy) is 1. The Labute approximate surface area is 114 Å². The molecule has 1 atom stereocenters. The molecule has 0 bridgehead atoms. The van der Waals surface area contributed by atoms with Crippen LogP contribution in [0.15, 0.2) is 48.5 Å². The third kappa shape index (κ3) is 2.63. The van der Waals surface area contributed by atoms with Crippen LogP contribution in [0.3, 0.4) is 0 Å². The van der Waals surface area contributed by atoms with Gasteiger partial charge in [-0.2, -0.15) is 0 Å². The molecule has 0 saturated carbocycles. The summed E-state index contributed by atoms with van der Waals surface area (Å²) in [6, 6.07) is 13.9. The Morgan fingerprint density at radius 1 is 1.05 bits per heavy atom. The van der Waals surface area contributed by atoms with Crippen molar-refractivity contribution in [3.05, 3.63) is 65.2 Å². The number of fused-ring (bicyclic) bond motifs is 1. The maximum absolute atomic E-state index is 12.3. The van der Waals surface area contributed by atoms with Crippen LogP contribution in [0.2, 0.25) is 0 Å². The van der Waals surface area contributed by atoms with E-state index in [9.17, 15) is 13.2 Å². The number of halogens is 3. The maximum atomic E-state index is 12.3. The molecular formula is C15H12F3NO. The summed E-state index contributed by atoms with van der Waals surface area (Å²) in [4.78, 5) is 0. The number of benzene rings is 2. The Balaban J connectivity index is 1.91. The molecule has 0 aromatic heterocycles. The lowest BCUT2D eigenvalue weighted by atomic mass is 9.98. The van der Waals surface area contributed by atoms with Gasteiger partial charge in [-0.05, 0) is 28.8 Å². The summed E-state index contributed by atoms with van der Waals surface area (Å²) in [5.74, 6) is -0.193. The van der Waals surface area contributed by atoms with Gasteiger partial charge in [0.05, 0.1) is 6.04 Å². The van der Waals surface area contributed by atoms with E-state index >= 15 is 0 Å². The fraction of sp³-hybridized carbons (Fsp3) is 0.200. The molecule has 0 amide bonds. The topological polar surface area (TPSA) is 21.3 Å². The lowest BCUT2D eigenvalue weighted by Crippen LogP contribution is -2.18. The van der Waals surface area contributed by atoms with Gasteiger partial charge in [-0.1, -0.05) is 36.4 Å². The molecule has 1 aliphatic rings. The van der Waals surface area contributed by atoms with Crippen molar-refractivity contribution in [3.8, 4) is 5.75 Å². The minimum Gasteiger partial charge on any atom is -0.406 e. The van der Waals surface area contributed by atoms with Crippen molar-refractivity contribution >= 4 is 0 Å². The molecule has 3 rings (SSSR count). The second-order valence-electron chi connectivity index (χ2n) is 4.63. The number of nitrogens with one attached hydrogen (secondary N) is 1. The Bertz CT molecular complexity index is 625. The minimum absolute atomic E-state index is 0.0945. The molecule has 0 radical (unpaired) electrons. The van der Waals surface area contributed by atoms with E-state index in [4.69, 9.17) is 0 Å². The van der Waals surface area contributed by atoms with Gasteiger partial charge in [0.1, 0.15) is 5.75 Å². The van der Waals surface area contributed by atoms with E-state index in [1.54, 1.807) is 12.1 Å². The van der Waals surface area contributed by atoms with Gasteiger partial charge < -0.3 is 10.1 Å². The van der Waals surface area contributed by atoms with Crippen molar-refractivity contribution in [1.29, 1.82) is 0 Å². The molecule has 1 unspecified atom stereocenters. The molecule has 2 aromatic rings. The monoisotopic (exact) mass is 279 g/mol. The third-order valence-electron chi connectivity index (χ3n) is 3.29. The number of rotatable bonds is 2. The molecule has 1 heterocycles. The van der Waals surface area contributed by atoms with Gasteiger partial charge in [-0.25, -0.2) is 0 Å². The molecule has 104 valence electrons. The highest BCUT2D eigenvalue weighted by atomic mass is 19.4. The van der Waals surface area contributed by atoms with Crippen LogP contribution >= 0.6 is 0 Å². The molecule has 0 spiro atoms. The summed E-state index contributed by atoms with van der Waals surface area (Å²) in [5, 5.41) is 3.29. The molecule has 1 aliphatic heterocycles. The standard InChI is InChI=1S/C15H12F3NO/c16-15(17,18)20-12-6-3-5-10(8-12)14-13-7-2-1-4-11(13)9-19-14/h1-8,14,19H,9H2. The van der Waals surface area contributed by atoms with Crippen LogP contribution < -0.4 is 10.1 Å². The SMILES string of the molecule is FC(F)(F)Oc1cccc(C2NCc3ccccc32)c1. The van der Waals surface area contributed by atoms with Crippen LogP contribution in [0.1, 0.15) is 22.7 Å². The Hall–Kier alpha value is -2.01. The molecule has 0 saturated heterocycles. The summed E-state index contributed by atoms with van der Waals surface area (Å²) in [7, 11) is 0. The zero-order chi connectivity index (χ0) is 14.2. The van der Waals surface area contributed by atoms with Crippen molar-refractivity contribution in [1.82, 2.24) is 5.32 Å². The van der Waals surface area contributed by atoms with E-state index in [1.807, 2.05) is 24.3 Å². The average Bonchev–Trinajstić information content (AvgIpc) is 2.81. The summed E-state index contributed by atoms with van der Waals surface area (Å²) in [5.41, 5.74) is 3.02. The molecule has 0 fully saturated rings. The van der Waals surface area contributed by atoms with Crippen LogP contribution in [-0.4, -0.2) is 6.36 Å². The summed E-state index contributed by atoms with van der Waals surface area (Å²) in [6.45, 7) is 0.713. The van der Waals surface area contributed by atoms with Gasteiger partial charge in [0.2, 0.25) is 0 Å². The fourth-order valence-corrected chi connectivity index (χ4v) is 2.49. The lowest BCUT2D eigenvalue weighted by Gasteiger charge is -2.15. The summed E-state index contributed by atoms with van der Waals surface area (Å²) < 4.78 is 40.7. The van der Waals surface area contributed by atoms with E-state index in [2.05, 4.69) is 10.1 Å². The van der Waals surface area contributed by atoms with Crippen LogP contribution in [0, 0.1) is 0 Å². The maximum Gasteiger partial charge on any atom is 0.573 e.